The first-order valence-electron chi connectivity index (χ1n) is 6.29. The predicted molar refractivity (Wildman–Crippen MR) is 80.3 cm³/mol. The van der Waals surface area contributed by atoms with Crippen molar-refractivity contribution in [1.82, 2.24) is 5.32 Å². The maximum Gasteiger partial charge on any atom is 0.0549 e. The molecule has 2 aromatic heterocycles. The molecule has 0 aromatic carbocycles. The van der Waals surface area contributed by atoms with E-state index in [4.69, 9.17) is 0 Å². The third-order valence-corrected chi connectivity index (χ3v) is 4.74. The molecule has 98 valence electrons. The van der Waals surface area contributed by atoms with E-state index in [2.05, 4.69) is 34.3 Å². The average Bonchev–Trinajstić information content (AvgIpc) is 3.04. The molecule has 2 rings (SSSR count). The van der Waals surface area contributed by atoms with Crippen LogP contribution in [0.2, 0.25) is 0 Å². The summed E-state index contributed by atoms with van der Waals surface area (Å²) in [5, 5.41) is 17.1. The van der Waals surface area contributed by atoms with Gasteiger partial charge in [0.05, 0.1) is 6.10 Å². The minimum absolute atomic E-state index is 0.164. The molecule has 0 spiro atoms. The Balaban J connectivity index is 1.77. The molecule has 0 aliphatic carbocycles. The largest absolute Gasteiger partial charge is 0.393 e. The summed E-state index contributed by atoms with van der Waals surface area (Å²) in [6, 6.07) is 6.49. The molecule has 0 radical (unpaired) electrons. The number of rotatable bonds is 7. The second-order valence-electron chi connectivity index (χ2n) is 4.31. The third kappa shape index (κ3) is 3.92. The Morgan fingerprint density at radius 1 is 1.39 bits per heavy atom. The van der Waals surface area contributed by atoms with Crippen LogP contribution in [0, 0.1) is 0 Å². The SMILES string of the molecule is CCC(O)CCNCc1cc(-c2cccs2)cs1. The molecule has 1 unspecified atom stereocenters. The Morgan fingerprint density at radius 3 is 3.00 bits per heavy atom. The standard InChI is InChI=1S/C14H19NOS2/c1-2-12(16)5-6-15-9-13-8-11(10-18-13)14-4-3-7-17-14/h3-4,7-8,10,12,15-16H,2,5-6,9H2,1H3. The van der Waals surface area contributed by atoms with Crippen LogP contribution in [0.25, 0.3) is 10.4 Å². The zero-order valence-electron chi connectivity index (χ0n) is 10.6. The molecule has 0 fully saturated rings. The lowest BCUT2D eigenvalue weighted by Gasteiger charge is -2.07. The van der Waals surface area contributed by atoms with Gasteiger partial charge in [0.15, 0.2) is 0 Å². The van der Waals surface area contributed by atoms with Crippen molar-refractivity contribution in [3.05, 3.63) is 33.8 Å². The molecule has 2 N–H and O–H groups in total. The number of hydrogen-bond acceptors (Lipinski definition) is 4. The van der Waals surface area contributed by atoms with Gasteiger partial charge in [-0.3, -0.25) is 0 Å². The number of aliphatic hydroxyl groups is 1. The Hall–Kier alpha value is -0.680. The highest BCUT2D eigenvalue weighted by Crippen LogP contribution is 2.29. The fraction of sp³-hybridized carbons (Fsp3) is 0.429. The molecule has 0 bridgehead atoms. The molecule has 2 heterocycles. The van der Waals surface area contributed by atoms with Gasteiger partial charge in [-0.1, -0.05) is 13.0 Å². The molecule has 0 aliphatic rings. The second-order valence-corrected chi connectivity index (χ2v) is 6.25. The Kier molecular flexibility index (Phi) is 5.38. The van der Waals surface area contributed by atoms with Gasteiger partial charge in [-0.25, -0.2) is 0 Å². The first-order chi connectivity index (χ1) is 8.79. The maximum atomic E-state index is 9.45. The normalized spacial score (nSPS) is 12.8. The Bertz CT molecular complexity index is 450. The Labute approximate surface area is 116 Å². The summed E-state index contributed by atoms with van der Waals surface area (Å²) in [5.41, 5.74) is 1.32. The lowest BCUT2D eigenvalue weighted by molar-refractivity contribution is 0.160. The van der Waals surface area contributed by atoms with Gasteiger partial charge in [-0.05, 0) is 42.3 Å². The lowest BCUT2D eigenvalue weighted by Crippen LogP contribution is -2.19. The first-order valence-corrected chi connectivity index (χ1v) is 8.05. The molecule has 0 saturated heterocycles. The molecule has 0 saturated carbocycles. The first kappa shape index (κ1) is 13.7. The third-order valence-electron chi connectivity index (χ3n) is 2.88. The van der Waals surface area contributed by atoms with Crippen LogP contribution in [0.1, 0.15) is 24.6 Å². The lowest BCUT2D eigenvalue weighted by atomic mass is 10.2. The van der Waals surface area contributed by atoms with Crippen molar-refractivity contribution in [2.45, 2.75) is 32.4 Å². The van der Waals surface area contributed by atoms with Gasteiger partial charge in [-0.2, -0.15) is 0 Å². The predicted octanol–water partition coefficient (Wildman–Crippen LogP) is 3.73. The summed E-state index contributed by atoms with van der Waals surface area (Å²) in [5.74, 6) is 0. The summed E-state index contributed by atoms with van der Waals surface area (Å²) in [4.78, 5) is 2.68. The highest BCUT2D eigenvalue weighted by Gasteiger charge is 2.04. The van der Waals surface area contributed by atoms with Crippen LogP contribution >= 0.6 is 22.7 Å². The van der Waals surface area contributed by atoms with Gasteiger partial charge < -0.3 is 10.4 Å². The fourth-order valence-corrected chi connectivity index (χ4v) is 3.37. The molecule has 4 heteroatoms. The molecular formula is C14H19NOS2. The highest BCUT2D eigenvalue weighted by atomic mass is 32.1. The molecule has 1 atom stereocenters. The van der Waals surface area contributed by atoms with E-state index in [1.165, 1.54) is 15.3 Å². The van der Waals surface area contributed by atoms with E-state index in [1.807, 2.05) is 6.92 Å². The van der Waals surface area contributed by atoms with Crippen molar-refractivity contribution in [3.63, 3.8) is 0 Å². The van der Waals surface area contributed by atoms with E-state index < -0.39 is 0 Å². The number of thiophene rings is 2. The van der Waals surface area contributed by atoms with Crippen LogP contribution in [0.15, 0.2) is 29.0 Å². The van der Waals surface area contributed by atoms with Crippen LogP contribution in [-0.4, -0.2) is 17.8 Å². The van der Waals surface area contributed by atoms with Crippen LogP contribution in [0.4, 0.5) is 0 Å². The van der Waals surface area contributed by atoms with E-state index >= 15 is 0 Å². The van der Waals surface area contributed by atoms with Crippen LogP contribution < -0.4 is 5.32 Å². The van der Waals surface area contributed by atoms with E-state index in [9.17, 15) is 5.11 Å². The maximum absolute atomic E-state index is 9.45. The smallest absolute Gasteiger partial charge is 0.0549 e. The second kappa shape index (κ2) is 7.04. The molecule has 18 heavy (non-hydrogen) atoms. The molecular weight excluding hydrogens is 262 g/mol. The van der Waals surface area contributed by atoms with Gasteiger partial charge >= 0.3 is 0 Å². The van der Waals surface area contributed by atoms with Gasteiger partial charge in [0, 0.05) is 21.9 Å². The molecule has 0 aliphatic heterocycles. The molecule has 0 amide bonds. The van der Waals surface area contributed by atoms with Crippen LogP contribution in [0.3, 0.4) is 0 Å². The summed E-state index contributed by atoms with van der Waals surface area (Å²) in [7, 11) is 0. The quantitative estimate of drug-likeness (QED) is 0.758. The zero-order valence-corrected chi connectivity index (χ0v) is 12.2. The van der Waals surface area contributed by atoms with Crippen molar-refractivity contribution < 1.29 is 5.11 Å². The highest BCUT2D eigenvalue weighted by molar-refractivity contribution is 7.14. The number of hydrogen-bond donors (Lipinski definition) is 2. The van der Waals surface area contributed by atoms with E-state index in [0.29, 0.717) is 0 Å². The van der Waals surface area contributed by atoms with E-state index in [1.54, 1.807) is 22.7 Å². The summed E-state index contributed by atoms with van der Waals surface area (Å²) in [6.45, 7) is 3.78. The minimum atomic E-state index is -0.164. The Morgan fingerprint density at radius 2 is 2.28 bits per heavy atom. The zero-order chi connectivity index (χ0) is 12.8. The van der Waals surface area contributed by atoms with Crippen molar-refractivity contribution >= 4 is 22.7 Å². The van der Waals surface area contributed by atoms with Crippen molar-refractivity contribution in [2.75, 3.05) is 6.54 Å². The number of aliphatic hydroxyl groups excluding tert-OH is 1. The van der Waals surface area contributed by atoms with Gasteiger partial charge in [0.1, 0.15) is 0 Å². The van der Waals surface area contributed by atoms with Crippen molar-refractivity contribution in [2.24, 2.45) is 0 Å². The molecule has 2 aromatic rings. The fourth-order valence-electron chi connectivity index (χ4n) is 1.73. The van der Waals surface area contributed by atoms with Gasteiger partial charge in [0.25, 0.3) is 0 Å². The minimum Gasteiger partial charge on any atom is -0.393 e. The van der Waals surface area contributed by atoms with Crippen LogP contribution in [0.5, 0.6) is 0 Å². The van der Waals surface area contributed by atoms with Gasteiger partial charge in [0.2, 0.25) is 0 Å². The summed E-state index contributed by atoms with van der Waals surface area (Å²) in [6.07, 6.45) is 1.51. The number of nitrogens with one attached hydrogen (secondary N) is 1. The van der Waals surface area contributed by atoms with E-state index in [-0.39, 0.29) is 6.10 Å². The summed E-state index contributed by atoms with van der Waals surface area (Å²) >= 11 is 3.57. The van der Waals surface area contributed by atoms with Gasteiger partial charge in [-0.15, -0.1) is 22.7 Å². The topological polar surface area (TPSA) is 32.3 Å². The van der Waals surface area contributed by atoms with Crippen LogP contribution in [-0.2, 0) is 6.54 Å². The summed E-state index contributed by atoms with van der Waals surface area (Å²) < 4.78 is 0. The monoisotopic (exact) mass is 281 g/mol. The van der Waals surface area contributed by atoms with Crippen molar-refractivity contribution in [1.29, 1.82) is 0 Å². The van der Waals surface area contributed by atoms with Crippen molar-refractivity contribution in [3.8, 4) is 10.4 Å². The average molecular weight is 281 g/mol. The molecule has 2 nitrogen and oxygen atoms in total. The van der Waals surface area contributed by atoms with E-state index in [0.717, 1.165) is 25.9 Å².